The van der Waals surface area contributed by atoms with Gasteiger partial charge in [-0.3, -0.25) is 9.78 Å². The van der Waals surface area contributed by atoms with Gasteiger partial charge in [0.1, 0.15) is 6.17 Å². The molecular weight excluding hydrogens is 501 g/mol. The number of aromatic nitrogens is 2. The van der Waals surface area contributed by atoms with Crippen LogP contribution in [0.3, 0.4) is 0 Å². The Morgan fingerprint density at radius 3 is 2.32 bits per heavy atom. The Hall–Kier alpha value is -1.82. The number of alkyl halides is 1. The molecule has 0 bridgehead atoms. The molecule has 1 aliphatic rings. The van der Waals surface area contributed by atoms with Crippen molar-refractivity contribution in [2.24, 2.45) is 5.92 Å². The standard InChI is InChI=1S/C28H46FN3O3Si2/c1-27(2,3)36(7,8)34-18-20-15-23(24(29)26(20)35-37(9,10)28(4,5)6)32-22-12-14-31-17-21(22)25(33)19-11-13-30-16-19/h11-14,16-17,20,23-24,26,30H,15,18H2,1-10H3,(H,31,32)/t20-,23-,24-,26-/m1/s1. The third-order valence-electron chi connectivity index (χ3n) is 8.69. The van der Waals surface area contributed by atoms with E-state index in [1.54, 1.807) is 36.9 Å². The molecule has 6 nitrogen and oxygen atoms in total. The van der Waals surface area contributed by atoms with Gasteiger partial charge in [0.15, 0.2) is 22.4 Å². The van der Waals surface area contributed by atoms with Crippen LogP contribution in [0.15, 0.2) is 36.9 Å². The van der Waals surface area contributed by atoms with Crippen LogP contribution in [0, 0.1) is 5.92 Å². The smallest absolute Gasteiger partial charge is 0.198 e. The van der Waals surface area contributed by atoms with Crippen molar-refractivity contribution in [2.45, 2.75) is 103 Å². The molecule has 0 amide bonds. The van der Waals surface area contributed by atoms with Crippen LogP contribution < -0.4 is 5.32 Å². The Bertz CT molecular complexity index is 1060. The van der Waals surface area contributed by atoms with Gasteiger partial charge in [-0.1, -0.05) is 41.5 Å². The number of carbonyl (C=O) groups is 1. The maximum absolute atomic E-state index is 16.3. The van der Waals surface area contributed by atoms with E-state index in [9.17, 15) is 4.79 Å². The summed E-state index contributed by atoms with van der Waals surface area (Å²) < 4.78 is 29.5. The predicted molar refractivity (Wildman–Crippen MR) is 154 cm³/mol. The third-order valence-corrected chi connectivity index (χ3v) is 17.7. The lowest BCUT2D eigenvalue weighted by Gasteiger charge is -2.41. The number of nitrogens with zero attached hydrogens (tertiary/aromatic N) is 1. The minimum absolute atomic E-state index is 0.0374. The molecule has 37 heavy (non-hydrogen) atoms. The van der Waals surface area contributed by atoms with E-state index in [0.29, 0.717) is 29.8 Å². The lowest BCUT2D eigenvalue weighted by atomic mass is 10.1. The molecule has 206 valence electrons. The highest BCUT2D eigenvalue weighted by Gasteiger charge is 2.50. The topological polar surface area (TPSA) is 76.2 Å². The van der Waals surface area contributed by atoms with E-state index in [-0.39, 0.29) is 21.8 Å². The Balaban J connectivity index is 1.87. The fourth-order valence-electron chi connectivity index (χ4n) is 4.11. The molecule has 2 N–H and O–H groups in total. The second kappa shape index (κ2) is 10.7. The van der Waals surface area contributed by atoms with Gasteiger partial charge in [0.2, 0.25) is 0 Å². The highest BCUT2D eigenvalue weighted by Crippen LogP contribution is 2.44. The SMILES string of the molecule is CC(C)(C)[Si](C)(C)OC[C@H]1C[C@@H](Nc2ccncc2C(=O)c2cc[nH]c2)[C@@H](F)[C@@H]1O[Si](C)(C)C(C)(C)C. The molecule has 1 aliphatic carbocycles. The van der Waals surface area contributed by atoms with Crippen LogP contribution >= 0.6 is 0 Å². The van der Waals surface area contributed by atoms with Gasteiger partial charge in [-0.25, -0.2) is 4.39 Å². The van der Waals surface area contributed by atoms with Gasteiger partial charge in [0.05, 0.1) is 17.7 Å². The molecule has 9 heteroatoms. The fraction of sp³-hybridized carbons (Fsp3) is 0.643. The molecule has 1 saturated carbocycles. The summed E-state index contributed by atoms with van der Waals surface area (Å²) in [6, 6.07) is 2.97. The van der Waals surface area contributed by atoms with E-state index in [2.05, 4.69) is 83.0 Å². The second-order valence-corrected chi connectivity index (χ2v) is 23.0. The Morgan fingerprint density at radius 1 is 1.11 bits per heavy atom. The molecule has 0 unspecified atom stereocenters. The van der Waals surface area contributed by atoms with Crippen molar-refractivity contribution in [1.82, 2.24) is 9.97 Å². The number of anilines is 1. The quantitative estimate of drug-likeness (QED) is 0.257. The van der Waals surface area contributed by atoms with Crippen LogP contribution in [0.4, 0.5) is 10.1 Å². The van der Waals surface area contributed by atoms with E-state index in [4.69, 9.17) is 8.85 Å². The maximum atomic E-state index is 16.3. The number of H-pyrrole nitrogens is 1. The first kappa shape index (κ1) is 29.7. The van der Waals surface area contributed by atoms with Crippen molar-refractivity contribution >= 4 is 28.1 Å². The van der Waals surface area contributed by atoms with E-state index >= 15 is 4.39 Å². The number of halogens is 1. The van der Waals surface area contributed by atoms with Crippen LogP contribution in [0.1, 0.15) is 63.9 Å². The van der Waals surface area contributed by atoms with Crippen LogP contribution in [0.25, 0.3) is 0 Å². The summed E-state index contributed by atoms with van der Waals surface area (Å²) in [6.45, 7) is 22.4. The minimum atomic E-state index is -2.23. The molecule has 0 spiro atoms. The first-order valence-electron chi connectivity index (χ1n) is 13.3. The van der Waals surface area contributed by atoms with Crippen molar-refractivity contribution in [3.63, 3.8) is 0 Å². The average Bonchev–Trinajstić information content (AvgIpc) is 3.41. The summed E-state index contributed by atoms with van der Waals surface area (Å²) in [4.78, 5) is 20.2. The first-order valence-corrected chi connectivity index (χ1v) is 19.1. The summed E-state index contributed by atoms with van der Waals surface area (Å²) >= 11 is 0. The van der Waals surface area contributed by atoms with E-state index in [1.165, 1.54) is 0 Å². The van der Waals surface area contributed by atoms with Gasteiger partial charge in [-0.05, 0) is 54.8 Å². The highest BCUT2D eigenvalue weighted by molar-refractivity contribution is 6.74. The second-order valence-electron chi connectivity index (χ2n) is 13.5. The number of nitrogens with one attached hydrogen (secondary N) is 2. The highest BCUT2D eigenvalue weighted by atomic mass is 28.4. The molecule has 1 fully saturated rings. The van der Waals surface area contributed by atoms with Gasteiger partial charge < -0.3 is 19.2 Å². The maximum Gasteiger partial charge on any atom is 0.198 e. The molecule has 0 saturated heterocycles. The summed E-state index contributed by atoms with van der Waals surface area (Å²) in [7, 11) is -4.24. The Morgan fingerprint density at radius 2 is 1.76 bits per heavy atom. The molecular formula is C28H46FN3O3Si2. The first-order chi connectivity index (χ1) is 16.9. The summed E-state index contributed by atoms with van der Waals surface area (Å²) in [5, 5.41) is 3.39. The van der Waals surface area contributed by atoms with Crippen molar-refractivity contribution in [2.75, 3.05) is 11.9 Å². The van der Waals surface area contributed by atoms with Crippen molar-refractivity contribution in [3.05, 3.63) is 48.0 Å². The van der Waals surface area contributed by atoms with Gasteiger partial charge in [0.25, 0.3) is 0 Å². The summed E-state index contributed by atoms with van der Waals surface area (Å²) in [6.07, 6.45) is 5.31. The Labute approximate surface area is 224 Å². The van der Waals surface area contributed by atoms with Crippen LogP contribution in [-0.2, 0) is 8.85 Å². The molecule has 0 aliphatic heterocycles. The van der Waals surface area contributed by atoms with Crippen molar-refractivity contribution in [1.29, 1.82) is 0 Å². The normalized spacial score (nSPS) is 23.3. The fourth-order valence-corrected chi connectivity index (χ4v) is 6.53. The van der Waals surface area contributed by atoms with E-state index in [0.717, 1.165) is 0 Å². The molecule has 2 aromatic heterocycles. The number of hydrogen-bond acceptors (Lipinski definition) is 5. The molecule has 4 atom stereocenters. The summed E-state index contributed by atoms with van der Waals surface area (Å²) in [5.74, 6) is -0.237. The molecule has 0 radical (unpaired) electrons. The lowest BCUT2D eigenvalue weighted by molar-refractivity contribution is 0.0551. The molecule has 0 aromatic carbocycles. The zero-order valence-corrected chi connectivity index (χ0v) is 26.2. The number of carbonyl (C=O) groups excluding carboxylic acids is 1. The van der Waals surface area contributed by atoms with Crippen molar-refractivity contribution in [3.8, 4) is 0 Å². The van der Waals surface area contributed by atoms with E-state index in [1.807, 2.05) is 0 Å². The van der Waals surface area contributed by atoms with Gasteiger partial charge in [0, 0.05) is 48.6 Å². The number of rotatable bonds is 9. The van der Waals surface area contributed by atoms with Crippen LogP contribution in [-0.4, -0.2) is 57.3 Å². The number of aromatic amines is 1. The van der Waals surface area contributed by atoms with Crippen LogP contribution in [0.2, 0.25) is 36.3 Å². The monoisotopic (exact) mass is 547 g/mol. The molecule has 3 rings (SSSR count). The van der Waals surface area contributed by atoms with E-state index < -0.39 is 35.0 Å². The summed E-state index contributed by atoms with van der Waals surface area (Å²) in [5.41, 5.74) is 1.56. The van der Waals surface area contributed by atoms with Crippen molar-refractivity contribution < 1.29 is 18.0 Å². The third kappa shape index (κ3) is 6.61. The van der Waals surface area contributed by atoms with Gasteiger partial charge >= 0.3 is 0 Å². The molecule has 2 aromatic rings. The zero-order chi connectivity index (χ0) is 27.8. The predicted octanol–water partition coefficient (Wildman–Crippen LogP) is 7.19. The van der Waals surface area contributed by atoms with Gasteiger partial charge in [-0.2, -0.15) is 0 Å². The Kier molecular flexibility index (Phi) is 8.64. The average molecular weight is 548 g/mol. The minimum Gasteiger partial charge on any atom is -0.416 e. The largest absolute Gasteiger partial charge is 0.416 e. The van der Waals surface area contributed by atoms with Gasteiger partial charge in [-0.15, -0.1) is 0 Å². The lowest BCUT2D eigenvalue weighted by Crippen LogP contribution is -2.49. The molecule has 2 heterocycles. The number of ketones is 1. The number of hydrogen-bond donors (Lipinski definition) is 2. The van der Waals surface area contributed by atoms with Crippen LogP contribution in [0.5, 0.6) is 0 Å². The number of pyridine rings is 1. The zero-order valence-electron chi connectivity index (χ0n) is 24.2.